The summed E-state index contributed by atoms with van der Waals surface area (Å²) in [6.45, 7) is 0.376. The Balaban J connectivity index is 1.77. The minimum Gasteiger partial charge on any atom is -0.497 e. The molecule has 1 aromatic carbocycles. The number of carbonyl (C=O) groups excluding carboxylic acids is 1. The van der Waals surface area contributed by atoms with Crippen molar-refractivity contribution in [2.24, 2.45) is 5.92 Å². The molecular weight excluding hydrogens is 290 g/mol. The largest absolute Gasteiger partial charge is 0.497 e. The predicted molar refractivity (Wildman–Crippen MR) is 79.0 cm³/mol. The number of aromatic nitrogens is 2. The van der Waals surface area contributed by atoms with Gasteiger partial charge in [0.25, 0.3) is 0 Å². The van der Waals surface area contributed by atoms with Gasteiger partial charge in [0.1, 0.15) is 23.6 Å². The standard InChI is InChI=1S/C14H15N3O3S/c1-17(14-16-15-8-21-14)13(18)10-5-9-6-11(19-2)3-4-12(9)20-7-10/h3-4,6,8,10H,5,7H2,1-2H3/t10-/m0/s1. The molecule has 110 valence electrons. The fourth-order valence-corrected chi connectivity index (χ4v) is 2.87. The second kappa shape index (κ2) is 5.69. The lowest BCUT2D eigenvalue weighted by Crippen LogP contribution is -2.38. The van der Waals surface area contributed by atoms with Gasteiger partial charge in [-0.05, 0) is 30.2 Å². The molecule has 3 rings (SSSR count). The molecule has 0 bridgehead atoms. The molecule has 0 spiro atoms. The highest BCUT2D eigenvalue weighted by molar-refractivity contribution is 7.13. The topological polar surface area (TPSA) is 64.5 Å². The van der Waals surface area contributed by atoms with Crippen LogP contribution in [-0.2, 0) is 11.2 Å². The number of hydrogen-bond acceptors (Lipinski definition) is 6. The molecule has 2 aromatic rings. The Morgan fingerprint density at radius 2 is 2.38 bits per heavy atom. The van der Waals surface area contributed by atoms with Gasteiger partial charge >= 0.3 is 0 Å². The number of rotatable bonds is 3. The van der Waals surface area contributed by atoms with Crippen molar-refractivity contribution in [1.82, 2.24) is 10.2 Å². The van der Waals surface area contributed by atoms with E-state index in [-0.39, 0.29) is 11.8 Å². The minimum atomic E-state index is -0.224. The van der Waals surface area contributed by atoms with Gasteiger partial charge in [-0.25, -0.2) is 0 Å². The highest BCUT2D eigenvalue weighted by Crippen LogP contribution is 2.31. The van der Waals surface area contributed by atoms with Crippen LogP contribution in [0.4, 0.5) is 5.13 Å². The van der Waals surface area contributed by atoms with Gasteiger partial charge in [-0.2, -0.15) is 0 Å². The van der Waals surface area contributed by atoms with Crippen LogP contribution >= 0.6 is 11.3 Å². The van der Waals surface area contributed by atoms with Crippen LogP contribution in [0.3, 0.4) is 0 Å². The molecule has 21 heavy (non-hydrogen) atoms. The average molecular weight is 305 g/mol. The minimum absolute atomic E-state index is 0.0137. The van der Waals surface area contributed by atoms with E-state index < -0.39 is 0 Å². The number of carbonyl (C=O) groups is 1. The number of benzene rings is 1. The summed E-state index contributed by atoms with van der Waals surface area (Å²) in [4.78, 5) is 14.1. The highest BCUT2D eigenvalue weighted by atomic mass is 32.1. The lowest BCUT2D eigenvalue weighted by Gasteiger charge is -2.27. The highest BCUT2D eigenvalue weighted by Gasteiger charge is 2.29. The molecule has 7 heteroatoms. The number of hydrogen-bond donors (Lipinski definition) is 0. The summed E-state index contributed by atoms with van der Waals surface area (Å²) in [6, 6.07) is 5.65. The van der Waals surface area contributed by atoms with Gasteiger partial charge < -0.3 is 9.47 Å². The molecule has 0 N–H and O–H groups in total. The Labute approximate surface area is 126 Å². The van der Waals surface area contributed by atoms with Crippen molar-refractivity contribution in [3.63, 3.8) is 0 Å². The number of nitrogens with zero attached hydrogens (tertiary/aromatic N) is 3. The Morgan fingerprint density at radius 1 is 1.52 bits per heavy atom. The van der Waals surface area contributed by atoms with Gasteiger partial charge in [0.2, 0.25) is 11.0 Å². The summed E-state index contributed by atoms with van der Waals surface area (Å²) >= 11 is 1.34. The van der Waals surface area contributed by atoms with Crippen molar-refractivity contribution >= 4 is 22.4 Å². The van der Waals surface area contributed by atoms with Crippen molar-refractivity contribution < 1.29 is 14.3 Å². The third-order valence-corrected chi connectivity index (χ3v) is 4.26. The number of methoxy groups -OCH3 is 1. The summed E-state index contributed by atoms with van der Waals surface area (Å²) in [7, 11) is 3.33. The van der Waals surface area contributed by atoms with Crippen molar-refractivity contribution in [3.8, 4) is 11.5 Å². The molecule has 6 nitrogen and oxygen atoms in total. The zero-order valence-electron chi connectivity index (χ0n) is 11.8. The molecule has 0 fully saturated rings. The first-order chi connectivity index (χ1) is 10.2. The Morgan fingerprint density at radius 3 is 3.10 bits per heavy atom. The maximum Gasteiger partial charge on any atom is 0.235 e. The lowest BCUT2D eigenvalue weighted by molar-refractivity contribution is -0.123. The second-order valence-electron chi connectivity index (χ2n) is 4.80. The number of amides is 1. The molecule has 1 amide bonds. The van der Waals surface area contributed by atoms with E-state index >= 15 is 0 Å². The summed E-state index contributed by atoms with van der Waals surface area (Å²) in [5.41, 5.74) is 2.60. The first-order valence-corrected chi connectivity index (χ1v) is 7.40. The third kappa shape index (κ3) is 2.69. The molecule has 0 saturated carbocycles. The van der Waals surface area contributed by atoms with Crippen molar-refractivity contribution in [3.05, 3.63) is 29.3 Å². The fourth-order valence-electron chi connectivity index (χ4n) is 2.34. The van der Waals surface area contributed by atoms with Gasteiger partial charge in [0.05, 0.1) is 13.0 Å². The Hall–Kier alpha value is -2.15. The Kier molecular flexibility index (Phi) is 3.74. The van der Waals surface area contributed by atoms with Crippen molar-refractivity contribution in [2.75, 3.05) is 25.7 Å². The van der Waals surface area contributed by atoms with Crippen LogP contribution in [0.1, 0.15) is 5.56 Å². The molecule has 2 heterocycles. The second-order valence-corrected chi connectivity index (χ2v) is 5.62. The molecule has 0 saturated heterocycles. The monoisotopic (exact) mass is 305 g/mol. The van der Waals surface area contributed by atoms with Gasteiger partial charge in [-0.3, -0.25) is 9.69 Å². The van der Waals surface area contributed by atoms with Crippen LogP contribution in [0.15, 0.2) is 23.7 Å². The first kappa shape index (κ1) is 13.8. The SMILES string of the molecule is COc1ccc2c(c1)C[C@H](C(=O)N(C)c1nncs1)CO2. The van der Waals surface area contributed by atoms with Crippen LogP contribution in [0, 0.1) is 5.92 Å². The lowest BCUT2D eigenvalue weighted by atomic mass is 9.95. The Bertz CT molecular complexity index is 645. The van der Waals surface area contributed by atoms with Crippen LogP contribution in [0.25, 0.3) is 0 Å². The van der Waals surface area contributed by atoms with Gasteiger partial charge in [-0.15, -0.1) is 10.2 Å². The van der Waals surface area contributed by atoms with Gasteiger partial charge in [-0.1, -0.05) is 11.3 Å². The molecule has 1 aliphatic heterocycles. The maximum absolute atomic E-state index is 12.5. The molecule has 1 atom stereocenters. The van der Waals surface area contributed by atoms with Gasteiger partial charge in [0.15, 0.2) is 0 Å². The van der Waals surface area contributed by atoms with Crippen LogP contribution in [0.5, 0.6) is 11.5 Å². The zero-order chi connectivity index (χ0) is 14.8. The van der Waals surface area contributed by atoms with E-state index in [4.69, 9.17) is 9.47 Å². The predicted octanol–water partition coefficient (Wildman–Crippen LogP) is 1.76. The summed E-state index contributed by atoms with van der Waals surface area (Å²) in [5.74, 6) is 1.35. The van der Waals surface area contributed by atoms with Crippen LogP contribution in [0.2, 0.25) is 0 Å². The molecule has 0 radical (unpaired) electrons. The average Bonchev–Trinajstić information content (AvgIpc) is 3.06. The molecule has 1 aliphatic rings. The van der Waals surface area contributed by atoms with E-state index in [1.165, 1.54) is 16.2 Å². The van der Waals surface area contributed by atoms with E-state index in [1.54, 1.807) is 19.7 Å². The van der Waals surface area contributed by atoms with E-state index in [0.29, 0.717) is 18.2 Å². The number of ether oxygens (including phenoxy) is 2. The zero-order valence-corrected chi connectivity index (χ0v) is 12.6. The smallest absolute Gasteiger partial charge is 0.235 e. The van der Waals surface area contributed by atoms with E-state index in [0.717, 1.165) is 17.1 Å². The maximum atomic E-state index is 12.5. The normalized spacial score (nSPS) is 16.8. The van der Waals surface area contributed by atoms with Crippen molar-refractivity contribution in [2.45, 2.75) is 6.42 Å². The summed E-state index contributed by atoms with van der Waals surface area (Å²) < 4.78 is 10.9. The van der Waals surface area contributed by atoms with E-state index in [1.807, 2.05) is 18.2 Å². The molecular formula is C14H15N3O3S. The molecule has 0 unspecified atom stereocenters. The van der Waals surface area contributed by atoms with Crippen molar-refractivity contribution in [1.29, 1.82) is 0 Å². The summed E-state index contributed by atoms with van der Waals surface area (Å²) in [6.07, 6.45) is 0.633. The third-order valence-electron chi connectivity index (χ3n) is 3.49. The van der Waals surface area contributed by atoms with E-state index in [9.17, 15) is 4.79 Å². The van der Waals surface area contributed by atoms with Crippen LogP contribution in [-0.4, -0.2) is 36.9 Å². The molecule has 1 aromatic heterocycles. The number of fused-ring (bicyclic) bond motifs is 1. The molecule has 0 aliphatic carbocycles. The van der Waals surface area contributed by atoms with Crippen LogP contribution < -0.4 is 14.4 Å². The summed E-state index contributed by atoms with van der Waals surface area (Å²) in [5, 5.41) is 8.27. The van der Waals surface area contributed by atoms with E-state index in [2.05, 4.69) is 10.2 Å². The first-order valence-electron chi connectivity index (χ1n) is 6.52. The quantitative estimate of drug-likeness (QED) is 0.864. The van der Waals surface area contributed by atoms with Gasteiger partial charge in [0, 0.05) is 7.05 Å². The number of anilines is 1. The fraction of sp³-hybridized carbons (Fsp3) is 0.357.